The number of hydrogen-bond acceptors (Lipinski definition) is 7. The molecule has 0 aromatic heterocycles. The van der Waals surface area contributed by atoms with E-state index in [0.717, 1.165) is 36.3 Å². The van der Waals surface area contributed by atoms with Crippen LogP contribution in [0.4, 0.5) is 5.69 Å². The van der Waals surface area contributed by atoms with Gasteiger partial charge in [-0.3, -0.25) is 14.5 Å². The second-order valence-electron chi connectivity index (χ2n) is 8.22. The monoisotopic (exact) mass is 512 g/mol. The number of benzene rings is 2. The minimum Gasteiger partial charge on any atom is -0.490 e. The van der Waals surface area contributed by atoms with Gasteiger partial charge < -0.3 is 19.5 Å². The maximum atomic E-state index is 12.9. The van der Waals surface area contributed by atoms with Crippen LogP contribution in [0.25, 0.3) is 6.08 Å². The molecule has 9 heteroatoms. The fourth-order valence-corrected chi connectivity index (χ4v) is 5.12. The normalized spacial score (nSPS) is 18.9. The maximum absolute atomic E-state index is 12.9. The molecule has 0 unspecified atom stereocenters. The van der Waals surface area contributed by atoms with E-state index in [1.165, 1.54) is 11.8 Å². The van der Waals surface area contributed by atoms with E-state index in [2.05, 4.69) is 5.32 Å². The molecule has 2 saturated heterocycles. The number of thioether (sulfide) groups is 1. The van der Waals surface area contributed by atoms with Crippen molar-refractivity contribution in [3.8, 4) is 11.5 Å². The molecule has 0 bridgehead atoms. The molecule has 2 aromatic rings. The third-order valence-electron chi connectivity index (χ3n) is 5.63. The van der Waals surface area contributed by atoms with Gasteiger partial charge in [-0.05, 0) is 62.1 Å². The van der Waals surface area contributed by atoms with Gasteiger partial charge >= 0.3 is 0 Å². The zero-order chi connectivity index (χ0) is 24.8. The molecule has 2 aliphatic heterocycles. The molecule has 1 atom stereocenters. The van der Waals surface area contributed by atoms with Crippen LogP contribution in [0, 0.1) is 6.92 Å². The lowest BCUT2D eigenvalue weighted by Gasteiger charge is -2.18. The number of thiocarbonyl (C=S) groups is 1. The smallest absolute Gasteiger partial charge is 0.266 e. The molecule has 184 valence electrons. The topological polar surface area (TPSA) is 77.1 Å². The predicted molar refractivity (Wildman–Crippen MR) is 142 cm³/mol. The SMILES string of the molecule is CCOc1cc(/C=C2\SC(=S)N(C[C@H]3CCCO3)C2=O)ccc1OCC(=O)Nc1ccccc1C. The van der Waals surface area contributed by atoms with Crippen LogP contribution in [0.15, 0.2) is 47.4 Å². The van der Waals surface area contributed by atoms with E-state index in [1.807, 2.05) is 44.2 Å². The third-order valence-corrected chi connectivity index (χ3v) is 7.00. The number of anilines is 1. The van der Waals surface area contributed by atoms with Crippen LogP contribution < -0.4 is 14.8 Å². The summed E-state index contributed by atoms with van der Waals surface area (Å²) in [6.07, 6.45) is 3.79. The van der Waals surface area contributed by atoms with Crippen LogP contribution in [-0.2, 0) is 14.3 Å². The highest BCUT2D eigenvalue weighted by Crippen LogP contribution is 2.35. The number of ether oxygens (including phenoxy) is 3. The Morgan fingerprint density at radius 2 is 2.09 bits per heavy atom. The average Bonchev–Trinajstić information content (AvgIpc) is 3.44. The molecule has 2 aliphatic rings. The summed E-state index contributed by atoms with van der Waals surface area (Å²) in [5, 5.41) is 2.85. The highest BCUT2D eigenvalue weighted by Gasteiger charge is 2.34. The minimum atomic E-state index is -0.263. The highest BCUT2D eigenvalue weighted by atomic mass is 32.2. The van der Waals surface area contributed by atoms with E-state index in [0.29, 0.717) is 33.9 Å². The molecule has 2 aromatic carbocycles. The van der Waals surface area contributed by atoms with Crippen molar-refractivity contribution in [2.24, 2.45) is 0 Å². The van der Waals surface area contributed by atoms with Gasteiger partial charge in [-0.1, -0.05) is 48.2 Å². The Bertz CT molecular complexity index is 1140. The Morgan fingerprint density at radius 1 is 1.26 bits per heavy atom. The first-order valence-corrected chi connectivity index (χ1v) is 12.8. The van der Waals surface area contributed by atoms with Crippen molar-refractivity contribution in [3.63, 3.8) is 0 Å². The first kappa shape index (κ1) is 25.2. The van der Waals surface area contributed by atoms with Gasteiger partial charge in [-0.25, -0.2) is 0 Å². The van der Waals surface area contributed by atoms with Crippen molar-refractivity contribution < 1.29 is 23.8 Å². The summed E-state index contributed by atoms with van der Waals surface area (Å²) < 4.78 is 17.7. The highest BCUT2D eigenvalue weighted by molar-refractivity contribution is 8.26. The summed E-state index contributed by atoms with van der Waals surface area (Å²) in [5.41, 5.74) is 2.50. The second-order valence-corrected chi connectivity index (χ2v) is 9.89. The number of aryl methyl sites for hydroxylation is 1. The molecule has 2 heterocycles. The van der Waals surface area contributed by atoms with Crippen molar-refractivity contribution in [1.29, 1.82) is 0 Å². The zero-order valence-electron chi connectivity index (χ0n) is 19.7. The molecular formula is C26H28N2O5S2. The van der Waals surface area contributed by atoms with Gasteiger partial charge in [-0.15, -0.1) is 0 Å². The van der Waals surface area contributed by atoms with E-state index in [4.69, 9.17) is 26.4 Å². The van der Waals surface area contributed by atoms with Gasteiger partial charge in [0.2, 0.25) is 0 Å². The maximum Gasteiger partial charge on any atom is 0.266 e. The molecule has 2 fully saturated rings. The number of carbonyl (C=O) groups is 2. The largest absolute Gasteiger partial charge is 0.490 e. The molecule has 0 aliphatic carbocycles. The Labute approximate surface area is 214 Å². The molecule has 0 radical (unpaired) electrons. The molecule has 0 saturated carbocycles. The van der Waals surface area contributed by atoms with E-state index >= 15 is 0 Å². The van der Waals surface area contributed by atoms with Gasteiger partial charge in [0.05, 0.1) is 24.2 Å². The third kappa shape index (κ3) is 6.42. The van der Waals surface area contributed by atoms with Crippen LogP contribution in [0.2, 0.25) is 0 Å². The van der Waals surface area contributed by atoms with Gasteiger partial charge in [0.15, 0.2) is 18.1 Å². The number of nitrogens with one attached hydrogen (secondary N) is 1. The zero-order valence-corrected chi connectivity index (χ0v) is 21.4. The van der Waals surface area contributed by atoms with Crippen molar-refractivity contribution in [3.05, 3.63) is 58.5 Å². The lowest BCUT2D eigenvalue weighted by atomic mass is 10.1. The quantitative estimate of drug-likeness (QED) is 0.382. The summed E-state index contributed by atoms with van der Waals surface area (Å²) in [6.45, 7) is 5.30. The molecule has 4 rings (SSSR count). The van der Waals surface area contributed by atoms with Crippen LogP contribution in [0.3, 0.4) is 0 Å². The lowest BCUT2D eigenvalue weighted by molar-refractivity contribution is -0.123. The number of rotatable bonds is 9. The van der Waals surface area contributed by atoms with Gasteiger partial charge in [0.25, 0.3) is 11.8 Å². The summed E-state index contributed by atoms with van der Waals surface area (Å²) in [7, 11) is 0. The molecule has 0 spiro atoms. The summed E-state index contributed by atoms with van der Waals surface area (Å²) >= 11 is 6.72. The van der Waals surface area contributed by atoms with Gasteiger partial charge in [0, 0.05) is 12.3 Å². The van der Waals surface area contributed by atoms with E-state index in [1.54, 1.807) is 23.1 Å². The Hall–Kier alpha value is -2.88. The standard InChI is InChI=1S/C26H28N2O5S2/c1-3-31-22-13-18(14-23-25(30)28(26(34)35-23)15-19-8-6-12-32-19)10-11-21(22)33-16-24(29)27-20-9-5-4-7-17(20)2/h4-5,7,9-11,13-14,19H,3,6,8,12,15-16H2,1-2H3,(H,27,29)/b23-14-/t19-/m1/s1. The number of amides is 2. The van der Waals surface area contributed by atoms with E-state index in [9.17, 15) is 9.59 Å². The van der Waals surface area contributed by atoms with Gasteiger partial charge in [0.1, 0.15) is 4.32 Å². The molecule has 7 nitrogen and oxygen atoms in total. The number of hydrogen-bond donors (Lipinski definition) is 1. The summed E-state index contributed by atoms with van der Waals surface area (Å²) in [6, 6.07) is 12.9. The van der Waals surface area contributed by atoms with Crippen molar-refractivity contribution >= 4 is 51.9 Å². The number of nitrogens with zero attached hydrogens (tertiary/aromatic N) is 1. The Kier molecular flexibility index (Phi) is 8.43. The molecule has 1 N–H and O–H groups in total. The van der Waals surface area contributed by atoms with Crippen LogP contribution in [-0.4, -0.2) is 53.5 Å². The second kappa shape index (κ2) is 11.7. The van der Waals surface area contributed by atoms with Crippen molar-refractivity contribution in [2.45, 2.75) is 32.8 Å². The van der Waals surface area contributed by atoms with E-state index < -0.39 is 0 Å². The first-order chi connectivity index (χ1) is 16.9. The first-order valence-electron chi connectivity index (χ1n) is 11.6. The molecule has 2 amide bonds. The summed E-state index contributed by atoms with van der Waals surface area (Å²) in [4.78, 5) is 27.5. The molecular weight excluding hydrogens is 484 g/mol. The van der Waals surface area contributed by atoms with Crippen LogP contribution >= 0.6 is 24.0 Å². The van der Waals surface area contributed by atoms with Crippen molar-refractivity contribution in [1.82, 2.24) is 4.90 Å². The van der Waals surface area contributed by atoms with Gasteiger partial charge in [-0.2, -0.15) is 0 Å². The molecule has 35 heavy (non-hydrogen) atoms. The van der Waals surface area contributed by atoms with E-state index in [-0.39, 0.29) is 24.5 Å². The van der Waals surface area contributed by atoms with Crippen molar-refractivity contribution in [2.75, 3.05) is 31.7 Å². The number of para-hydroxylation sites is 1. The van der Waals surface area contributed by atoms with Crippen LogP contribution in [0.1, 0.15) is 30.9 Å². The Morgan fingerprint density at radius 3 is 2.83 bits per heavy atom. The fraction of sp³-hybridized carbons (Fsp3) is 0.346. The lowest BCUT2D eigenvalue weighted by Crippen LogP contribution is -2.35. The fourth-order valence-electron chi connectivity index (χ4n) is 3.85. The predicted octanol–water partition coefficient (Wildman–Crippen LogP) is 4.79. The summed E-state index contributed by atoms with van der Waals surface area (Å²) in [5.74, 6) is 0.581. The average molecular weight is 513 g/mol. The Balaban J connectivity index is 1.42. The van der Waals surface area contributed by atoms with Crippen LogP contribution in [0.5, 0.6) is 11.5 Å². The minimum absolute atomic E-state index is 0.0424. The number of carbonyl (C=O) groups excluding carboxylic acids is 2.